The first-order chi connectivity index (χ1) is 19.0. The lowest BCUT2D eigenvalue weighted by atomic mass is 10.0. The number of hydrogen-bond acceptors (Lipinski definition) is 9. The molecule has 1 saturated heterocycles. The Morgan fingerprint density at radius 2 is 1.85 bits per heavy atom. The molecule has 212 valence electrons. The van der Waals surface area contributed by atoms with Crippen LogP contribution < -0.4 is 10.1 Å². The van der Waals surface area contributed by atoms with Gasteiger partial charge in [-0.05, 0) is 37.5 Å². The number of carboxylic acids is 2. The SMILES string of the molecule is Cc1c(-c2cccc(NC3CCN(S(=O)(=O)Cc4ccccc4[N+](=O)[O-])CC3)c2)sc(C(=O)O)c1OCC(=O)O. The summed E-state index contributed by atoms with van der Waals surface area (Å²) < 4.78 is 32.6. The number of benzene rings is 2. The van der Waals surface area contributed by atoms with E-state index in [2.05, 4.69) is 5.32 Å². The van der Waals surface area contributed by atoms with Crippen molar-refractivity contribution in [3.05, 3.63) is 74.6 Å². The Morgan fingerprint density at radius 1 is 1.15 bits per heavy atom. The minimum atomic E-state index is -3.75. The molecule has 0 amide bonds. The van der Waals surface area contributed by atoms with Crippen LogP contribution in [0.4, 0.5) is 11.4 Å². The van der Waals surface area contributed by atoms with Crippen LogP contribution in [0.2, 0.25) is 0 Å². The Morgan fingerprint density at radius 3 is 2.50 bits per heavy atom. The number of nitro groups is 1. The third kappa shape index (κ3) is 6.58. The summed E-state index contributed by atoms with van der Waals surface area (Å²) in [7, 11) is -3.75. The van der Waals surface area contributed by atoms with E-state index in [-0.39, 0.29) is 41.0 Å². The maximum atomic E-state index is 13.0. The Hall–Kier alpha value is -4.01. The summed E-state index contributed by atoms with van der Waals surface area (Å²) in [6.07, 6.45) is 1.05. The highest BCUT2D eigenvalue weighted by Crippen LogP contribution is 2.42. The Bertz CT molecular complexity index is 1540. The highest BCUT2D eigenvalue weighted by Gasteiger charge is 2.30. The molecule has 2 heterocycles. The molecule has 14 heteroatoms. The van der Waals surface area contributed by atoms with E-state index < -0.39 is 39.2 Å². The van der Waals surface area contributed by atoms with Gasteiger partial charge in [-0.2, -0.15) is 0 Å². The van der Waals surface area contributed by atoms with Gasteiger partial charge in [0.2, 0.25) is 10.0 Å². The second kappa shape index (κ2) is 12.0. The molecule has 4 rings (SSSR count). The molecule has 3 aromatic rings. The highest BCUT2D eigenvalue weighted by molar-refractivity contribution is 7.88. The molecular weight excluding hydrogens is 562 g/mol. The number of nitrogens with zero attached hydrogens (tertiary/aromatic N) is 2. The van der Waals surface area contributed by atoms with Crippen LogP contribution in [0.5, 0.6) is 5.75 Å². The molecule has 0 unspecified atom stereocenters. The molecular formula is C26H27N3O9S2. The molecule has 0 aliphatic carbocycles. The van der Waals surface area contributed by atoms with Crippen LogP contribution in [0.1, 0.15) is 33.6 Å². The van der Waals surface area contributed by atoms with Crippen molar-refractivity contribution >= 4 is 44.7 Å². The summed E-state index contributed by atoms with van der Waals surface area (Å²) >= 11 is 0.999. The van der Waals surface area contributed by atoms with Crippen molar-refractivity contribution in [1.82, 2.24) is 4.31 Å². The fourth-order valence-electron chi connectivity index (χ4n) is 4.59. The van der Waals surface area contributed by atoms with Gasteiger partial charge in [0, 0.05) is 46.9 Å². The number of aliphatic carboxylic acids is 1. The first-order valence-electron chi connectivity index (χ1n) is 12.2. The van der Waals surface area contributed by atoms with Gasteiger partial charge in [0.05, 0.1) is 10.7 Å². The summed E-state index contributed by atoms with van der Waals surface area (Å²) in [4.78, 5) is 33.9. The number of rotatable bonds is 11. The Kier molecular flexibility index (Phi) is 8.71. The molecule has 1 fully saturated rings. The average Bonchev–Trinajstić information content (AvgIpc) is 3.24. The quantitative estimate of drug-likeness (QED) is 0.217. The number of carboxylic acid groups (broad SMARTS) is 2. The minimum absolute atomic E-state index is 0.0266. The zero-order valence-electron chi connectivity index (χ0n) is 21.4. The zero-order chi connectivity index (χ0) is 29.0. The lowest BCUT2D eigenvalue weighted by Gasteiger charge is -2.32. The maximum Gasteiger partial charge on any atom is 0.349 e. The normalized spacial score (nSPS) is 14.5. The minimum Gasteiger partial charge on any atom is -0.480 e. The second-order valence-electron chi connectivity index (χ2n) is 9.24. The summed E-state index contributed by atoms with van der Waals surface area (Å²) in [6.45, 7) is 1.54. The van der Waals surface area contributed by atoms with E-state index in [4.69, 9.17) is 9.84 Å². The van der Waals surface area contributed by atoms with Gasteiger partial charge in [-0.3, -0.25) is 10.1 Å². The van der Waals surface area contributed by atoms with Gasteiger partial charge in [0.1, 0.15) is 5.75 Å². The number of hydrogen-bond donors (Lipinski definition) is 3. The van der Waals surface area contributed by atoms with E-state index in [0.717, 1.165) is 22.6 Å². The van der Waals surface area contributed by atoms with E-state index in [1.165, 1.54) is 22.5 Å². The van der Waals surface area contributed by atoms with E-state index in [1.54, 1.807) is 19.1 Å². The number of nitrogens with one attached hydrogen (secondary N) is 1. The molecule has 0 radical (unpaired) electrons. The topological polar surface area (TPSA) is 176 Å². The lowest BCUT2D eigenvalue weighted by Crippen LogP contribution is -2.42. The molecule has 1 aliphatic heterocycles. The number of nitro benzene ring substituents is 1. The molecule has 3 N–H and O–H groups in total. The molecule has 0 spiro atoms. The smallest absolute Gasteiger partial charge is 0.349 e. The highest BCUT2D eigenvalue weighted by atomic mass is 32.2. The van der Waals surface area contributed by atoms with Gasteiger partial charge in [0.15, 0.2) is 11.5 Å². The summed E-state index contributed by atoms with van der Waals surface area (Å²) in [5, 5.41) is 33.2. The molecule has 12 nitrogen and oxygen atoms in total. The number of ether oxygens (including phenoxy) is 1. The average molecular weight is 590 g/mol. The van der Waals surface area contributed by atoms with Crippen LogP contribution in [-0.4, -0.2) is 65.5 Å². The standard InChI is InChI=1S/C26H27N3O9S2/c1-16-23(38-14-22(30)31)25(26(32)33)39-24(16)17-6-4-7-20(13-17)27-19-9-11-28(12-10-19)40(36,37)15-18-5-2-3-8-21(18)29(34)35/h2-8,13,19,27H,9-12,14-15H2,1H3,(H,30,31)(H,32,33). The van der Waals surface area contributed by atoms with Gasteiger partial charge in [-0.1, -0.05) is 30.3 Å². The molecule has 1 aliphatic rings. The van der Waals surface area contributed by atoms with E-state index in [9.17, 15) is 33.2 Å². The zero-order valence-corrected chi connectivity index (χ0v) is 23.0. The van der Waals surface area contributed by atoms with Gasteiger partial charge in [-0.25, -0.2) is 22.3 Å². The molecule has 0 saturated carbocycles. The van der Waals surface area contributed by atoms with Crippen molar-refractivity contribution in [2.45, 2.75) is 31.6 Å². The summed E-state index contributed by atoms with van der Waals surface area (Å²) in [5.41, 5.74) is 1.94. The van der Waals surface area contributed by atoms with Crippen LogP contribution in [0.15, 0.2) is 48.5 Å². The van der Waals surface area contributed by atoms with E-state index >= 15 is 0 Å². The van der Waals surface area contributed by atoms with Crippen LogP contribution in [0.25, 0.3) is 10.4 Å². The third-order valence-corrected chi connectivity index (χ3v) is 9.63. The number of anilines is 1. The van der Waals surface area contributed by atoms with Crippen molar-refractivity contribution in [2.75, 3.05) is 25.0 Å². The van der Waals surface area contributed by atoms with E-state index in [0.29, 0.717) is 23.3 Å². The fourth-order valence-corrected chi connectivity index (χ4v) is 7.26. The van der Waals surface area contributed by atoms with Crippen LogP contribution in [0.3, 0.4) is 0 Å². The number of piperidine rings is 1. The predicted molar refractivity (Wildman–Crippen MR) is 149 cm³/mol. The fraction of sp³-hybridized carbons (Fsp3) is 0.308. The monoisotopic (exact) mass is 589 g/mol. The Balaban J connectivity index is 1.43. The summed E-state index contributed by atoms with van der Waals surface area (Å²) in [5.74, 6) is -2.84. The second-order valence-corrected chi connectivity index (χ2v) is 12.2. The van der Waals surface area contributed by atoms with Gasteiger partial charge in [0.25, 0.3) is 5.69 Å². The number of aromatic carboxylic acids is 1. The van der Waals surface area contributed by atoms with Crippen molar-refractivity contribution < 1.29 is 37.9 Å². The van der Waals surface area contributed by atoms with Gasteiger partial charge >= 0.3 is 11.9 Å². The summed E-state index contributed by atoms with van der Waals surface area (Å²) in [6, 6.07) is 13.1. The molecule has 40 heavy (non-hydrogen) atoms. The Labute approximate surface area is 234 Å². The molecule has 2 aromatic carbocycles. The van der Waals surface area contributed by atoms with Crippen molar-refractivity contribution in [1.29, 1.82) is 0 Å². The van der Waals surface area contributed by atoms with Crippen LogP contribution >= 0.6 is 11.3 Å². The first kappa shape index (κ1) is 29.0. The van der Waals surface area contributed by atoms with Crippen molar-refractivity contribution in [3.63, 3.8) is 0 Å². The maximum absolute atomic E-state index is 13.0. The third-order valence-electron chi connectivity index (χ3n) is 6.49. The number of para-hydroxylation sites is 1. The first-order valence-corrected chi connectivity index (χ1v) is 14.7. The van der Waals surface area contributed by atoms with Crippen molar-refractivity contribution in [2.24, 2.45) is 0 Å². The number of thiophene rings is 1. The van der Waals surface area contributed by atoms with Crippen LogP contribution in [-0.2, 0) is 20.6 Å². The van der Waals surface area contributed by atoms with Gasteiger partial charge in [-0.15, -0.1) is 11.3 Å². The van der Waals surface area contributed by atoms with Gasteiger partial charge < -0.3 is 20.3 Å². The predicted octanol–water partition coefficient (Wildman–Crippen LogP) is 4.20. The molecule has 0 atom stereocenters. The molecule has 1 aromatic heterocycles. The molecule has 0 bridgehead atoms. The van der Waals surface area contributed by atoms with E-state index in [1.807, 2.05) is 18.2 Å². The lowest BCUT2D eigenvalue weighted by molar-refractivity contribution is -0.385. The van der Waals surface area contributed by atoms with Crippen molar-refractivity contribution in [3.8, 4) is 16.2 Å². The van der Waals surface area contributed by atoms with Crippen LogP contribution in [0, 0.1) is 17.0 Å². The number of sulfonamides is 1. The number of carbonyl (C=O) groups is 2. The largest absolute Gasteiger partial charge is 0.480 e.